The average molecular weight is 526 g/mol. The topological polar surface area (TPSA) is 50.6 Å². The first-order chi connectivity index (χ1) is 15.3. The van der Waals surface area contributed by atoms with Crippen LogP contribution in [0.5, 0.6) is 0 Å². The second-order valence-electron chi connectivity index (χ2n) is 10.2. The van der Waals surface area contributed by atoms with Gasteiger partial charge in [0.05, 0.1) is 0 Å². The van der Waals surface area contributed by atoms with Gasteiger partial charge in [-0.1, -0.05) is 0 Å². The fourth-order valence-electron chi connectivity index (χ4n) is 5.31. The maximum Gasteiger partial charge on any atom is 0.405 e. The van der Waals surface area contributed by atoms with Gasteiger partial charge in [-0.25, -0.2) is 28.0 Å². The van der Waals surface area contributed by atoms with Crippen LogP contribution in [0.25, 0.3) is 0 Å². The van der Waals surface area contributed by atoms with Crippen LogP contribution in [-0.2, 0) is 0 Å². The first-order valence-corrected chi connectivity index (χ1v) is 16.8. The minimum Gasteiger partial charge on any atom is -0.249 e. The molecule has 2 rings (SSSR count). The summed E-state index contributed by atoms with van der Waals surface area (Å²) in [7, 11) is 19.5. The summed E-state index contributed by atoms with van der Waals surface area (Å²) in [6.45, 7) is 4.33. The maximum absolute atomic E-state index is 6.07. The van der Waals surface area contributed by atoms with E-state index in [9.17, 15) is 0 Å². The van der Waals surface area contributed by atoms with Crippen molar-refractivity contribution in [2.45, 2.75) is 25.7 Å². The predicted octanol–water partition coefficient (Wildman–Crippen LogP) is 4.12. The Hall–Kier alpha value is 0.570. The van der Waals surface area contributed by atoms with E-state index in [2.05, 4.69) is 122 Å². The molecular formula is C20H52N10P3+. The Morgan fingerprint density at radius 2 is 0.667 bits per heavy atom. The lowest BCUT2D eigenvalue weighted by Crippen LogP contribution is -2.37. The van der Waals surface area contributed by atoms with Crippen molar-refractivity contribution < 1.29 is 0 Å². The van der Waals surface area contributed by atoms with Crippen LogP contribution in [0.3, 0.4) is 0 Å². The molecule has 2 saturated heterocycles. The van der Waals surface area contributed by atoms with Crippen molar-refractivity contribution in [3.05, 3.63) is 0 Å². The van der Waals surface area contributed by atoms with Crippen LogP contribution in [-0.4, -0.2) is 148 Å². The molecule has 2 heterocycles. The molecule has 2 fully saturated rings. The predicted molar refractivity (Wildman–Crippen MR) is 149 cm³/mol. The molecule has 0 amide bonds. The van der Waals surface area contributed by atoms with Crippen molar-refractivity contribution >= 4 is 22.9 Å². The minimum atomic E-state index is -2.39. The molecule has 2 aliphatic rings. The van der Waals surface area contributed by atoms with Crippen molar-refractivity contribution in [2.24, 2.45) is 9.03 Å². The lowest BCUT2D eigenvalue weighted by Gasteiger charge is -2.45. The molecule has 0 spiro atoms. The van der Waals surface area contributed by atoms with Gasteiger partial charge in [-0.2, -0.15) is 0 Å². The highest BCUT2D eigenvalue weighted by Crippen LogP contribution is 2.81. The quantitative estimate of drug-likeness (QED) is 0.395. The van der Waals surface area contributed by atoms with Gasteiger partial charge in [0.1, 0.15) is 0 Å². The van der Waals surface area contributed by atoms with Crippen LogP contribution in [0.15, 0.2) is 9.03 Å². The van der Waals surface area contributed by atoms with E-state index in [4.69, 9.17) is 9.03 Å². The van der Waals surface area contributed by atoms with E-state index in [1.807, 2.05) is 0 Å². The molecule has 2 aliphatic heterocycles. The van der Waals surface area contributed by atoms with Gasteiger partial charge in [-0.15, -0.1) is 9.34 Å². The zero-order valence-corrected chi connectivity index (χ0v) is 26.2. The Bertz CT molecular complexity index is 619. The van der Waals surface area contributed by atoms with Crippen molar-refractivity contribution in [3.8, 4) is 0 Å². The van der Waals surface area contributed by atoms with Gasteiger partial charge in [-0.05, 0) is 119 Å². The third-order valence-electron chi connectivity index (χ3n) is 6.62. The van der Waals surface area contributed by atoms with E-state index in [1.54, 1.807) is 0 Å². The van der Waals surface area contributed by atoms with Crippen LogP contribution in [0, 0.1) is 0 Å². The number of hydrogen-bond donors (Lipinski definition) is 0. The summed E-state index contributed by atoms with van der Waals surface area (Å²) in [6, 6.07) is 0. The van der Waals surface area contributed by atoms with E-state index < -0.39 is 22.9 Å². The number of nitrogens with zero attached hydrogens (tertiary/aromatic N) is 10. The molecule has 0 N–H and O–H groups in total. The first-order valence-electron chi connectivity index (χ1n) is 12.0. The molecule has 0 aromatic heterocycles. The molecule has 13 heteroatoms. The molecule has 196 valence electrons. The number of rotatable bonds is 10. The molecule has 0 radical (unpaired) electrons. The maximum atomic E-state index is 6.07. The number of hydrogen-bond acceptors (Lipinski definition) is 4. The molecule has 0 aliphatic carbocycles. The summed E-state index contributed by atoms with van der Waals surface area (Å²) in [5.74, 6) is 0. The molecular weight excluding hydrogens is 473 g/mol. The SMILES string of the molecule is CN(C)P(=N[P+](N=P(N(C)C)(N(C)C)N(C)C)(N1CCCC1)N1CCCC1)(N(C)C)N(C)C. The Kier molecular flexibility index (Phi) is 10.6. The Morgan fingerprint density at radius 3 is 0.848 bits per heavy atom. The van der Waals surface area contributed by atoms with Gasteiger partial charge in [0.15, 0.2) is 0 Å². The second-order valence-corrected chi connectivity index (χ2v) is 20.8. The van der Waals surface area contributed by atoms with E-state index in [0.717, 1.165) is 26.2 Å². The standard InChI is InChI=1S/C20H52N10P3/c1-23(2)32(24(3)4,25(5)6)21-31(29-17-13-14-18-29,30-19-15-16-20-30)22-33(26(7)8,27(9)10)28(11)12/h13-20H2,1-12H3/q+1. The summed E-state index contributed by atoms with van der Waals surface area (Å²) in [5, 5.41) is 0. The summed E-state index contributed by atoms with van der Waals surface area (Å²) in [4.78, 5) is 0. The van der Waals surface area contributed by atoms with Gasteiger partial charge < -0.3 is 0 Å². The molecule has 0 bridgehead atoms. The smallest absolute Gasteiger partial charge is 0.249 e. The normalized spacial score (nSPS) is 19.9. The van der Waals surface area contributed by atoms with Crippen molar-refractivity contribution in [2.75, 3.05) is 111 Å². The van der Waals surface area contributed by atoms with E-state index in [1.165, 1.54) is 25.7 Å². The second kappa shape index (κ2) is 11.7. The fraction of sp³-hybridized carbons (Fsp3) is 1.00. The van der Waals surface area contributed by atoms with Crippen molar-refractivity contribution in [1.29, 1.82) is 0 Å². The zero-order valence-electron chi connectivity index (χ0n) is 23.5. The largest absolute Gasteiger partial charge is 0.405 e. The lowest BCUT2D eigenvalue weighted by molar-refractivity contribution is 0.440. The summed E-state index contributed by atoms with van der Waals surface area (Å²) in [5.41, 5.74) is 0. The molecule has 0 aromatic rings. The van der Waals surface area contributed by atoms with Crippen LogP contribution in [0.4, 0.5) is 0 Å². The van der Waals surface area contributed by atoms with Gasteiger partial charge in [-0.3, -0.25) is 0 Å². The Balaban J connectivity index is 3.09. The molecule has 0 unspecified atom stereocenters. The Labute approximate surface area is 205 Å². The van der Waals surface area contributed by atoms with E-state index >= 15 is 0 Å². The zero-order chi connectivity index (χ0) is 25.2. The fourth-order valence-corrected chi connectivity index (χ4v) is 20.3. The highest BCUT2D eigenvalue weighted by atomic mass is 31.3. The van der Waals surface area contributed by atoms with E-state index in [0.29, 0.717) is 0 Å². The summed E-state index contributed by atoms with van der Waals surface area (Å²) < 4.78 is 31.6. The summed E-state index contributed by atoms with van der Waals surface area (Å²) >= 11 is 0. The van der Waals surface area contributed by atoms with Gasteiger partial charge in [0, 0.05) is 26.2 Å². The highest BCUT2D eigenvalue weighted by Gasteiger charge is 2.59. The summed E-state index contributed by atoms with van der Waals surface area (Å²) in [6.07, 6.45) is 4.93. The Morgan fingerprint density at radius 1 is 0.455 bits per heavy atom. The van der Waals surface area contributed by atoms with Crippen LogP contribution < -0.4 is 0 Å². The third-order valence-corrected chi connectivity index (χ3v) is 19.2. The van der Waals surface area contributed by atoms with Crippen LogP contribution in [0.2, 0.25) is 0 Å². The van der Waals surface area contributed by atoms with Crippen LogP contribution >= 0.6 is 22.9 Å². The van der Waals surface area contributed by atoms with Crippen molar-refractivity contribution in [1.82, 2.24) is 37.4 Å². The molecule has 33 heavy (non-hydrogen) atoms. The monoisotopic (exact) mass is 525 g/mol. The van der Waals surface area contributed by atoms with Gasteiger partial charge >= 0.3 is 7.87 Å². The van der Waals surface area contributed by atoms with E-state index in [-0.39, 0.29) is 0 Å². The molecule has 0 aromatic carbocycles. The van der Waals surface area contributed by atoms with Gasteiger partial charge in [0.25, 0.3) is 0 Å². The molecule has 0 saturated carbocycles. The first kappa shape index (κ1) is 29.8. The third kappa shape index (κ3) is 5.47. The minimum absolute atomic E-state index is 1.08. The highest BCUT2D eigenvalue weighted by molar-refractivity contribution is 7.80. The average Bonchev–Trinajstić information content (AvgIpc) is 3.41. The molecule has 10 nitrogen and oxygen atoms in total. The van der Waals surface area contributed by atoms with Gasteiger partial charge in [0.2, 0.25) is 15.0 Å². The van der Waals surface area contributed by atoms with Crippen LogP contribution in [0.1, 0.15) is 25.7 Å². The lowest BCUT2D eigenvalue weighted by atomic mass is 10.4. The van der Waals surface area contributed by atoms with Crippen molar-refractivity contribution in [3.63, 3.8) is 0 Å². The molecule has 0 atom stereocenters.